The molecule has 228 valence electrons. The van der Waals surface area contributed by atoms with Gasteiger partial charge in [0.25, 0.3) is 5.78 Å². The molecule has 1 aromatic heterocycles. The molecule has 1 atom stereocenters. The van der Waals surface area contributed by atoms with Crippen molar-refractivity contribution in [1.29, 1.82) is 0 Å². The highest BCUT2D eigenvalue weighted by Gasteiger charge is 2.48. The summed E-state index contributed by atoms with van der Waals surface area (Å²) in [4.78, 5) is 46.0. The largest absolute Gasteiger partial charge is 0.507 e. The number of thiazole rings is 1. The maximum Gasteiger partial charge on any atom is 0.350 e. The fourth-order valence-electron chi connectivity index (χ4n) is 5.08. The first-order valence-corrected chi connectivity index (χ1v) is 14.9. The van der Waals surface area contributed by atoms with E-state index in [4.69, 9.17) is 18.9 Å². The predicted octanol–water partition coefficient (Wildman–Crippen LogP) is 5.77. The van der Waals surface area contributed by atoms with E-state index in [2.05, 4.69) is 11.6 Å². The van der Waals surface area contributed by atoms with Gasteiger partial charge in [-0.25, -0.2) is 9.78 Å². The Morgan fingerprint density at radius 3 is 2.62 bits per heavy atom. The molecule has 3 aromatic carbocycles. The molecule has 11 heteroatoms. The lowest BCUT2D eigenvalue weighted by Crippen LogP contribution is -2.29. The van der Waals surface area contributed by atoms with Crippen LogP contribution in [0.3, 0.4) is 0 Å². The number of aryl methyl sites for hydroxylation is 1. The van der Waals surface area contributed by atoms with Crippen molar-refractivity contribution in [3.05, 3.63) is 118 Å². The minimum atomic E-state index is -1.10. The maximum absolute atomic E-state index is 13.7. The Hall–Kier alpha value is -5.42. The predicted molar refractivity (Wildman–Crippen MR) is 167 cm³/mol. The lowest BCUT2D eigenvalue weighted by molar-refractivity contribution is -0.132. The SMILES string of the molecule is C=CCOC(=O)c1sc(N2C(=O)C(=O)C(=C(O)c3ccc4c(c3)OCCO4)[C@@H]2c2cccc(OCc3ccccc3)c2)nc1C. The number of nitrogens with zero attached hydrogens (tertiary/aromatic N) is 2. The third kappa shape index (κ3) is 5.89. The van der Waals surface area contributed by atoms with Crippen molar-refractivity contribution in [1.82, 2.24) is 4.98 Å². The summed E-state index contributed by atoms with van der Waals surface area (Å²) in [6.45, 7) is 6.19. The third-order valence-electron chi connectivity index (χ3n) is 7.19. The second-order valence-electron chi connectivity index (χ2n) is 10.2. The Balaban J connectivity index is 1.45. The second-order valence-corrected chi connectivity index (χ2v) is 11.1. The Labute approximate surface area is 262 Å². The van der Waals surface area contributed by atoms with Crippen LogP contribution >= 0.6 is 11.3 Å². The normalized spacial score (nSPS) is 16.8. The highest BCUT2D eigenvalue weighted by molar-refractivity contribution is 7.17. The molecule has 1 fully saturated rings. The summed E-state index contributed by atoms with van der Waals surface area (Å²) in [6.07, 6.45) is 1.44. The highest BCUT2D eigenvalue weighted by atomic mass is 32.1. The Morgan fingerprint density at radius 2 is 1.84 bits per heavy atom. The van der Waals surface area contributed by atoms with Crippen LogP contribution in [-0.4, -0.2) is 47.6 Å². The molecule has 6 rings (SSSR count). The van der Waals surface area contributed by atoms with Gasteiger partial charge in [-0.15, -0.1) is 0 Å². The number of ether oxygens (including phenoxy) is 4. The number of ketones is 1. The smallest absolute Gasteiger partial charge is 0.350 e. The van der Waals surface area contributed by atoms with Crippen LogP contribution in [0.1, 0.15) is 38.1 Å². The number of carbonyl (C=O) groups is 3. The van der Waals surface area contributed by atoms with Gasteiger partial charge in [0.05, 0.1) is 17.3 Å². The zero-order valence-corrected chi connectivity index (χ0v) is 25.0. The van der Waals surface area contributed by atoms with Crippen LogP contribution in [0.4, 0.5) is 5.13 Å². The van der Waals surface area contributed by atoms with Gasteiger partial charge >= 0.3 is 11.9 Å². The van der Waals surface area contributed by atoms with Gasteiger partial charge in [-0.3, -0.25) is 14.5 Å². The number of aliphatic hydroxyl groups excluding tert-OH is 1. The van der Waals surface area contributed by atoms with E-state index in [0.29, 0.717) is 48.3 Å². The van der Waals surface area contributed by atoms with Crippen LogP contribution in [0.2, 0.25) is 0 Å². The molecule has 10 nitrogen and oxygen atoms in total. The van der Waals surface area contributed by atoms with Gasteiger partial charge in [-0.1, -0.05) is 66.5 Å². The van der Waals surface area contributed by atoms with E-state index in [1.54, 1.807) is 49.4 Å². The number of anilines is 1. The molecule has 1 N–H and O–H groups in total. The minimum absolute atomic E-state index is 0.00132. The van der Waals surface area contributed by atoms with Crippen LogP contribution in [-0.2, 0) is 20.9 Å². The van der Waals surface area contributed by atoms with Gasteiger partial charge in [0, 0.05) is 5.56 Å². The average molecular weight is 625 g/mol. The quantitative estimate of drug-likeness (QED) is 0.0812. The van der Waals surface area contributed by atoms with Crippen LogP contribution in [0.15, 0.2) is 91.0 Å². The number of hydrogen-bond acceptors (Lipinski definition) is 10. The summed E-state index contributed by atoms with van der Waals surface area (Å²) in [5.41, 5.74) is 1.89. The van der Waals surface area contributed by atoms with Crippen molar-refractivity contribution in [2.45, 2.75) is 19.6 Å². The fraction of sp³-hybridized carbons (Fsp3) is 0.176. The lowest BCUT2D eigenvalue weighted by atomic mass is 9.95. The first-order valence-electron chi connectivity index (χ1n) is 14.1. The summed E-state index contributed by atoms with van der Waals surface area (Å²) >= 11 is 0.920. The molecule has 0 unspecified atom stereocenters. The number of fused-ring (bicyclic) bond motifs is 1. The molecule has 4 aromatic rings. The molecular weight excluding hydrogens is 596 g/mol. The Bertz CT molecular complexity index is 1830. The van der Waals surface area contributed by atoms with E-state index in [-0.39, 0.29) is 27.8 Å². The molecular formula is C34H28N2O8S. The first-order chi connectivity index (χ1) is 21.9. The molecule has 3 heterocycles. The number of aromatic nitrogens is 1. The number of esters is 1. The monoisotopic (exact) mass is 624 g/mol. The van der Waals surface area contributed by atoms with Gasteiger partial charge < -0.3 is 24.1 Å². The molecule has 1 saturated heterocycles. The zero-order valence-electron chi connectivity index (χ0n) is 24.2. The zero-order chi connectivity index (χ0) is 31.5. The second kappa shape index (κ2) is 12.7. The summed E-state index contributed by atoms with van der Waals surface area (Å²) in [6, 6.07) is 20.3. The lowest BCUT2D eigenvalue weighted by Gasteiger charge is -2.24. The molecule has 0 aliphatic carbocycles. The van der Waals surface area contributed by atoms with E-state index in [1.165, 1.54) is 11.0 Å². The van der Waals surface area contributed by atoms with Crippen LogP contribution < -0.4 is 19.1 Å². The van der Waals surface area contributed by atoms with Gasteiger partial charge in [-0.2, -0.15) is 0 Å². The van der Waals surface area contributed by atoms with E-state index in [9.17, 15) is 19.5 Å². The molecule has 45 heavy (non-hydrogen) atoms. The van der Waals surface area contributed by atoms with Crippen molar-refractivity contribution >= 4 is 39.9 Å². The topological polar surface area (TPSA) is 124 Å². The summed E-state index contributed by atoms with van der Waals surface area (Å²) in [5, 5.41) is 11.7. The van der Waals surface area contributed by atoms with Crippen LogP contribution in [0.5, 0.6) is 17.2 Å². The first kappa shape index (κ1) is 29.6. The van der Waals surface area contributed by atoms with Crippen molar-refractivity contribution in [2.75, 3.05) is 24.7 Å². The van der Waals surface area contributed by atoms with E-state index < -0.39 is 29.5 Å². The van der Waals surface area contributed by atoms with Gasteiger partial charge in [-0.05, 0) is 48.4 Å². The van der Waals surface area contributed by atoms with Crippen molar-refractivity contribution in [3.63, 3.8) is 0 Å². The Morgan fingerprint density at radius 1 is 1.07 bits per heavy atom. The Kier molecular flexibility index (Phi) is 8.35. The highest BCUT2D eigenvalue weighted by Crippen LogP contribution is 2.45. The number of aliphatic hydroxyl groups is 1. The van der Waals surface area contributed by atoms with E-state index in [0.717, 1.165) is 16.9 Å². The average Bonchev–Trinajstić information content (AvgIpc) is 3.58. The standard InChI is InChI=1S/C34H28N2O8S/c1-3-14-43-33(40)31-20(2)35-34(45-31)36-28(22-10-7-11-24(17-22)44-19-21-8-5-4-6-9-21)27(30(38)32(36)39)29(37)23-12-13-25-26(18-23)42-16-15-41-25/h3-13,17-18,28,37H,1,14-16,19H2,2H3/t28-/m0/s1. The van der Waals surface area contributed by atoms with E-state index >= 15 is 0 Å². The molecule has 0 saturated carbocycles. The van der Waals surface area contributed by atoms with Gasteiger partial charge in [0.15, 0.2) is 16.6 Å². The van der Waals surface area contributed by atoms with Crippen molar-refractivity contribution in [3.8, 4) is 17.2 Å². The summed E-state index contributed by atoms with van der Waals surface area (Å²) < 4.78 is 22.5. The van der Waals surface area contributed by atoms with Gasteiger partial charge in [0.1, 0.15) is 42.8 Å². The molecule has 1 amide bonds. The number of hydrogen-bond donors (Lipinski definition) is 1. The number of carbonyl (C=O) groups excluding carboxylic acids is 3. The van der Waals surface area contributed by atoms with Gasteiger partial charge in [0.2, 0.25) is 0 Å². The van der Waals surface area contributed by atoms with Crippen LogP contribution in [0, 0.1) is 6.92 Å². The van der Waals surface area contributed by atoms with Crippen molar-refractivity contribution < 1.29 is 38.4 Å². The molecule has 2 aliphatic rings. The molecule has 0 radical (unpaired) electrons. The van der Waals surface area contributed by atoms with Crippen molar-refractivity contribution in [2.24, 2.45) is 0 Å². The maximum atomic E-state index is 13.7. The fourth-order valence-corrected chi connectivity index (χ4v) is 6.07. The number of amides is 1. The van der Waals surface area contributed by atoms with Crippen LogP contribution in [0.25, 0.3) is 5.76 Å². The van der Waals surface area contributed by atoms with E-state index in [1.807, 2.05) is 30.3 Å². The number of rotatable bonds is 9. The summed E-state index contributed by atoms with van der Waals surface area (Å²) in [7, 11) is 0. The number of benzene rings is 3. The number of Topliss-reactive ketones (excluding diaryl/α,β-unsaturated/α-hetero) is 1. The molecule has 0 spiro atoms. The summed E-state index contributed by atoms with van der Waals surface area (Å²) in [5.74, 6) is -1.44. The minimum Gasteiger partial charge on any atom is -0.507 e. The molecule has 0 bridgehead atoms. The third-order valence-corrected chi connectivity index (χ3v) is 8.33. The molecule has 2 aliphatic heterocycles.